The maximum absolute atomic E-state index is 12.2. The molecule has 0 radical (unpaired) electrons. The van der Waals surface area contributed by atoms with Crippen molar-refractivity contribution in [1.29, 1.82) is 0 Å². The van der Waals surface area contributed by atoms with Crippen LogP contribution in [0, 0.1) is 0 Å². The second kappa shape index (κ2) is 11.6. The molecular formula is C13H26F3IN4S. The number of thioether (sulfide) groups is 1. The summed E-state index contributed by atoms with van der Waals surface area (Å²) in [6, 6.07) is 0. The van der Waals surface area contributed by atoms with Crippen molar-refractivity contribution in [3.8, 4) is 0 Å². The molecule has 0 aromatic rings. The van der Waals surface area contributed by atoms with Crippen LogP contribution in [0.25, 0.3) is 0 Å². The van der Waals surface area contributed by atoms with Gasteiger partial charge in [0.05, 0.1) is 13.1 Å². The Morgan fingerprint density at radius 1 is 1.36 bits per heavy atom. The van der Waals surface area contributed by atoms with Gasteiger partial charge in [-0.3, -0.25) is 9.89 Å². The van der Waals surface area contributed by atoms with Crippen LogP contribution in [0.3, 0.4) is 0 Å². The first-order chi connectivity index (χ1) is 9.90. The highest BCUT2D eigenvalue weighted by molar-refractivity contribution is 14.0. The molecule has 1 unspecified atom stereocenters. The van der Waals surface area contributed by atoms with Crippen LogP contribution in [0.1, 0.15) is 19.8 Å². The number of halogens is 4. The highest BCUT2D eigenvalue weighted by Crippen LogP contribution is 2.25. The van der Waals surface area contributed by atoms with Crippen LogP contribution in [0.4, 0.5) is 13.2 Å². The van der Waals surface area contributed by atoms with E-state index in [-0.39, 0.29) is 24.0 Å². The number of aliphatic imine (C=N–C) groups is 1. The van der Waals surface area contributed by atoms with Crippen molar-refractivity contribution in [3.05, 3.63) is 0 Å². The maximum Gasteiger partial charge on any atom is 0.401 e. The Bertz CT molecular complexity index is 323. The lowest BCUT2D eigenvalue weighted by Crippen LogP contribution is -2.42. The van der Waals surface area contributed by atoms with E-state index in [0.29, 0.717) is 24.3 Å². The van der Waals surface area contributed by atoms with Gasteiger partial charge in [0.2, 0.25) is 0 Å². The molecule has 4 nitrogen and oxygen atoms in total. The molecular weight excluding hydrogens is 428 g/mol. The largest absolute Gasteiger partial charge is 0.401 e. The topological polar surface area (TPSA) is 39.7 Å². The van der Waals surface area contributed by atoms with E-state index in [2.05, 4.69) is 15.6 Å². The van der Waals surface area contributed by atoms with E-state index < -0.39 is 12.7 Å². The first-order valence-electron chi connectivity index (χ1n) is 7.30. The van der Waals surface area contributed by atoms with E-state index in [0.717, 1.165) is 13.1 Å². The minimum atomic E-state index is -4.15. The number of hydrogen-bond donors (Lipinski definition) is 2. The smallest absolute Gasteiger partial charge is 0.357 e. The lowest BCUT2D eigenvalue weighted by atomic mass is 10.2. The van der Waals surface area contributed by atoms with E-state index in [4.69, 9.17) is 0 Å². The van der Waals surface area contributed by atoms with Crippen molar-refractivity contribution < 1.29 is 13.2 Å². The van der Waals surface area contributed by atoms with E-state index >= 15 is 0 Å². The summed E-state index contributed by atoms with van der Waals surface area (Å²) in [5.74, 6) is 1.89. The van der Waals surface area contributed by atoms with Gasteiger partial charge in [-0.2, -0.15) is 24.9 Å². The quantitative estimate of drug-likeness (QED) is 0.353. The molecule has 0 spiro atoms. The van der Waals surface area contributed by atoms with Crippen LogP contribution in [0.5, 0.6) is 0 Å². The third kappa shape index (κ3) is 10.8. The summed E-state index contributed by atoms with van der Waals surface area (Å²) in [7, 11) is 1.47. The number of hydrogen-bond acceptors (Lipinski definition) is 3. The molecule has 1 fully saturated rings. The first kappa shape index (κ1) is 22.1. The number of alkyl halides is 3. The zero-order valence-electron chi connectivity index (χ0n) is 13.1. The average molecular weight is 454 g/mol. The fourth-order valence-electron chi connectivity index (χ4n) is 2.07. The molecule has 2 N–H and O–H groups in total. The summed E-state index contributed by atoms with van der Waals surface area (Å²) in [5, 5.41) is 6.78. The Labute approximate surface area is 152 Å². The molecule has 1 heterocycles. The van der Waals surface area contributed by atoms with Gasteiger partial charge >= 0.3 is 6.18 Å². The van der Waals surface area contributed by atoms with Gasteiger partial charge in [0.1, 0.15) is 0 Å². The van der Waals surface area contributed by atoms with Gasteiger partial charge in [0, 0.05) is 24.9 Å². The van der Waals surface area contributed by atoms with Gasteiger partial charge in [0.25, 0.3) is 0 Å². The number of nitrogens with one attached hydrogen (secondary N) is 2. The van der Waals surface area contributed by atoms with Crippen LogP contribution >= 0.6 is 35.7 Å². The van der Waals surface area contributed by atoms with Crippen LogP contribution < -0.4 is 10.6 Å². The predicted molar refractivity (Wildman–Crippen MR) is 98.4 cm³/mol. The van der Waals surface area contributed by atoms with Gasteiger partial charge in [-0.25, -0.2) is 0 Å². The second-order valence-corrected chi connectivity index (χ2v) is 6.54. The molecule has 1 rings (SSSR count). The molecule has 22 heavy (non-hydrogen) atoms. The van der Waals surface area contributed by atoms with Crippen molar-refractivity contribution in [2.75, 3.05) is 45.5 Å². The summed E-state index contributed by atoms with van der Waals surface area (Å²) in [4.78, 5) is 5.75. The van der Waals surface area contributed by atoms with Crippen molar-refractivity contribution in [1.82, 2.24) is 15.5 Å². The van der Waals surface area contributed by atoms with Crippen LogP contribution in [0.15, 0.2) is 4.99 Å². The number of rotatable bonds is 7. The Balaban J connectivity index is 0.00000441. The maximum atomic E-state index is 12.2. The Morgan fingerprint density at radius 2 is 2.09 bits per heavy atom. The Hall–Kier alpha value is 0.1000. The molecule has 1 aliphatic heterocycles. The van der Waals surface area contributed by atoms with Gasteiger partial charge in [-0.05, 0) is 32.6 Å². The lowest BCUT2D eigenvalue weighted by molar-refractivity contribution is -0.142. The Morgan fingerprint density at radius 3 is 2.64 bits per heavy atom. The molecule has 0 aliphatic carbocycles. The molecule has 1 saturated heterocycles. The zero-order chi connectivity index (χ0) is 15.7. The summed E-state index contributed by atoms with van der Waals surface area (Å²) >= 11 is 1.94. The number of guanidine groups is 1. The minimum absolute atomic E-state index is 0. The van der Waals surface area contributed by atoms with E-state index in [1.54, 1.807) is 0 Å². The third-order valence-corrected chi connectivity index (χ3v) is 4.44. The van der Waals surface area contributed by atoms with Crippen molar-refractivity contribution >= 4 is 41.7 Å². The minimum Gasteiger partial charge on any atom is -0.357 e. The van der Waals surface area contributed by atoms with E-state index in [1.807, 2.05) is 18.7 Å². The van der Waals surface area contributed by atoms with Gasteiger partial charge < -0.3 is 10.6 Å². The van der Waals surface area contributed by atoms with Crippen molar-refractivity contribution in [3.63, 3.8) is 0 Å². The zero-order valence-corrected chi connectivity index (χ0v) is 16.2. The molecule has 1 aliphatic rings. The van der Waals surface area contributed by atoms with Gasteiger partial charge in [0.15, 0.2) is 5.96 Å². The van der Waals surface area contributed by atoms with Gasteiger partial charge in [-0.15, -0.1) is 24.0 Å². The van der Waals surface area contributed by atoms with E-state index in [1.165, 1.54) is 30.5 Å². The molecule has 0 bridgehead atoms. The van der Waals surface area contributed by atoms with Crippen LogP contribution in [-0.2, 0) is 0 Å². The SMILES string of the molecule is CCNC(=NCC1CCCS1)NCCN(C)CC(F)(F)F.I. The van der Waals surface area contributed by atoms with Crippen molar-refractivity contribution in [2.45, 2.75) is 31.2 Å². The Kier molecular flexibility index (Phi) is 11.7. The fourth-order valence-corrected chi connectivity index (χ4v) is 3.25. The summed E-state index contributed by atoms with van der Waals surface area (Å²) < 4.78 is 36.6. The normalized spacial score (nSPS) is 19.2. The van der Waals surface area contributed by atoms with Crippen LogP contribution in [-0.4, -0.2) is 67.8 Å². The summed E-state index contributed by atoms with van der Waals surface area (Å²) in [6.07, 6.45) is -1.70. The monoisotopic (exact) mass is 454 g/mol. The lowest BCUT2D eigenvalue weighted by Gasteiger charge is -2.19. The summed E-state index contributed by atoms with van der Waals surface area (Å²) in [5.41, 5.74) is 0. The van der Waals surface area contributed by atoms with Crippen LogP contribution in [0.2, 0.25) is 0 Å². The average Bonchev–Trinajstić information content (AvgIpc) is 2.86. The van der Waals surface area contributed by atoms with E-state index in [9.17, 15) is 13.2 Å². The molecule has 9 heteroatoms. The first-order valence-corrected chi connectivity index (χ1v) is 8.34. The molecule has 0 saturated carbocycles. The van der Waals surface area contributed by atoms with Crippen molar-refractivity contribution in [2.24, 2.45) is 4.99 Å². The highest BCUT2D eigenvalue weighted by Gasteiger charge is 2.28. The standard InChI is InChI=1S/C13H25F3N4S.HI/c1-3-17-12(19-9-11-5-4-8-21-11)18-6-7-20(2)10-13(14,15)16;/h11H,3-10H2,1-2H3,(H2,17,18,19);1H. The molecule has 132 valence electrons. The third-order valence-electron chi connectivity index (χ3n) is 3.06. The number of likely N-dealkylation sites (N-methyl/N-ethyl adjacent to an activating group) is 1. The number of nitrogens with zero attached hydrogens (tertiary/aromatic N) is 2. The second-order valence-electron chi connectivity index (χ2n) is 5.13. The highest BCUT2D eigenvalue weighted by atomic mass is 127. The predicted octanol–water partition coefficient (Wildman–Crippen LogP) is 2.55. The molecule has 0 amide bonds. The van der Waals surface area contributed by atoms with Gasteiger partial charge in [-0.1, -0.05) is 0 Å². The molecule has 0 aromatic carbocycles. The molecule has 1 atom stereocenters. The molecule has 0 aromatic heterocycles. The fraction of sp³-hybridized carbons (Fsp3) is 0.923. The summed E-state index contributed by atoms with van der Waals surface area (Å²) in [6.45, 7) is 3.34.